The van der Waals surface area contributed by atoms with Crippen molar-refractivity contribution in [2.24, 2.45) is 0 Å². The Morgan fingerprint density at radius 2 is 1.62 bits per heavy atom. The summed E-state index contributed by atoms with van der Waals surface area (Å²) in [5.74, 6) is 0.0120. The van der Waals surface area contributed by atoms with Gasteiger partial charge >= 0.3 is 6.09 Å². The molecule has 0 radical (unpaired) electrons. The highest BCUT2D eigenvalue weighted by molar-refractivity contribution is 5.78. The van der Waals surface area contributed by atoms with E-state index in [9.17, 15) is 9.59 Å². The van der Waals surface area contributed by atoms with Crippen LogP contribution in [0, 0.1) is 6.92 Å². The number of alkyl carbamates (subject to hydrolysis) is 1. The number of carbonyl (C=O) groups is 2. The van der Waals surface area contributed by atoms with Crippen LogP contribution in [0.15, 0.2) is 24.3 Å². The molecular weight excluding hydrogens is 304 g/mol. The Labute approximate surface area is 145 Å². The van der Waals surface area contributed by atoms with Crippen LogP contribution >= 0.6 is 0 Å². The smallest absolute Gasteiger partial charge is 0.408 e. The van der Waals surface area contributed by atoms with Crippen molar-refractivity contribution in [3.63, 3.8) is 0 Å². The molecule has 0 fully saturated rings. The van der Waals surface area contributed by atoms with Crippen LogP contribution in [0.3, 0.4) is 0 Å². The summed E-state index contributed by atoms with van der Waals surface area (Å²) in [6, 6.07) is 7.92. The summed E-state index contributed by atoms with van der Waals surface area (Å²) in [4.78, 5) is 25.9. The third-order valence-electron chi connectivity index (χ3n) is 3.37. The van der Waals surface area contributed by atoms with Crippen LogP contribution in [0.1, 0.15) is 45.7 Å². The van der Waals surface area contributed by atoms with E-state index in [0.717, 1.165) is 5.56 Å². The molecule has 2 amide bonds. The number of hydrogen-bond acceptors (Lipinski definition) is 3. The normalized spacial score (nSPS) is 11.8. The number of nitrogens with zero attached hydrogens (tertiary/aromatic N) is 1. The van der Waals surface area contributed by atoms with Gasteiger partial charge in [-0.15, -0.1) is 0 Å². The molecule has 0 atom stereocenters. The number of likely N-dealkylation sites (N-methyl/N-ethyl adjacent to an activating group) is 1. The van der Waals surface area contributed by atoms with E-state index in [2.05, 4.69) is 5.32 Å². The van der Waals surface area contributed by atoms with Crippen LogP contribution < -0.4 is 5.32 Å². The lowest BCUT2D eigenvalue weighted by Crippen LogP contribution is -2.53. The maximum absolute atomic E-state index is 12.4. The second-order valence-corrected chi connectivity index (χ2v) is 7.92. The van der Waals surface area contributed by atoms with Crippen molar-refractivity contribution < 1.29 is 14.3 Å². The first-order chi connectivity index (χ1) is 10.9. The monoisotopic (exact) mass is 334 g/mol. The lowest BCUT2D eigenvalue weighted by molar-refractivity contribution is -0.130. The molecule has 5 nitrogen and oxygen atoms in total. The molecule has 1 N–H and O–H groups in total. The van der Waals surface area contributed by atoms with E-state index in [1.165, 1.54) is 5.56 Å². The lowest BCUT2D eigenvalue weighted by Gasteiger charge is -2.32. The molecule has 134 valence electrons. The van der Waals surface area contributed by atoms with E-state index in [-0.39, 0.29) is 5.91 Å². The molecular formula is C19H30N2O3. The summed E-state index contributed by atoms with van der Waals surface area (Å²) in [6.45, 7) is 11.6. The SMILES string of the molecule is Cc1ccc(CC(=O)N(C)CC(C)(C)NC(=O)OC(C)(C)C)cc1. The summed E-state index contributed by atoms with van der Waals surface area (Å²) in [5, 5.41) is 2.81. The molecule has 0 aliphatic carbocycles. The predicted molar refractivity (Wildman–Crippen MR) is 96.0 cm³/mol. The molecule has 0 aliphatic heterocycles. The van der Waals surface area contributed by atoms with Gasteiger partial charge in [-0.25, -0.2) is 4.79 Å². The second-order valence-electron chi connectivity index (χ2n) is 7.92. The van der Waals surface area contributed by atoms with Gasteiger partial charge in [-0.3, -0.25) is 4.79 Å². The molecule has 1 aromatic rings. The van der Waals surface area contributed by atoms with Gasteiger partial charge in [0.15, 0.2) is 0 Å². The van der Waals surface area contributed by atoms with Crippen LogP contribution in [-0.2, 0) is 16.0 Å². The first-order valence-electron chi connectivity index (χ1n) is 8.19. The molecule has 24 heavy (non-hydrogen) atoms. The third-order valence-corrected chi connectivity index (χ3v) is 3.37. The van der Waals surface area contributed by atoms with Crippen molar-refractivity contribution in [1.82, 2.24) is 10.2 Å². The predicted octanol–water partition coefficient (Wildman–Crippen LogP) is 3.30. The molecule has 0 aliphatic rings. The molecule has 0 saturated carbocycles. The Morgan fingerprint density at radius 3 is 2.12 bits per heavy atom. The summed E-state index contributed by atoms with van der Waals surface area (Å²) in [7, 11) is 1.75. The van der Waals surface area contributed by atoms with Gasteiger partial charge in [-0.2, -0.15) is 0 Å². The number of benzene rings is 1. The average molecular weight is 334 g/mol. The van der Waals surface area contributed by atoms with Crippen LogP contribution in [0.25, 0.3) is 0 Å². The fraction of sp³-hybridized carbons (Fsp3) is 0.579. The third kappa shape index (κ3) is 7.49. The van der Waals surface area contributed by atoms with Crippen LogP contribution in [0.4, 0.5) is 4.79 Å². The maximum Gasteiger partial charge on any atom is 0.408 e. The van der Waals surface area contributed by atoms with Gasteiger partial charge in [-0.05, 0) is 47.1 Å². The van der Waals surface area contributed by atoms with E-state index in [0.29, 0.717) is 13.0 Å². The molecule has 0 unspecified atom stereocenters. The van der Waals surface area contributed by atoms with Crippen LogP contribution in [0.2, 0.25) is 0 Å². The largest absolute Gasteiger partial charge is 0.444 e. The molecule has 1 aromatic carbocycles. The first kappa shape index (κ1) is 20.0. The van der Waals surface area contributed by atoms with Crippen molar-refractivity contribution in [3.8, 4) is 0 Å². The van der Waals surface area contributed by atoms with Gasteiger partial charge in [0.25, 0.3) is 0 Å². The van der Waals surface area contributed by atoms with Crippen molar-refractivity contribution in [2.45, 2.75) is 59.1 Å². The zero-order chi connectivity index (χ0) is 18.5. The first-order valence-corrected chi connectivity index (χ1v) is 8.19. The Hall–Kier alpha value is -2.04. The number of hydrogen-bond donors (Lipinski definition) is 1. The minimum absolute atomic E-state index is 0.0120. The van der Waals surface area contributed by atoms with Gasteiger partial charge in [0.05, 0.1) is 12.0 Å². The van der Waals surface area contributed by atoms with E-state index in [1.807, 2.05) is 65.8 Å². The quantitative estimate of drug-likeness (QED) is 0.899. The maximum atomic E-state index is 12.4. The minimum Gasteiger partial charge on any atom is -0.444 e. The summed E-state index contributed by atoms with van der Waals surface area (Å²) in [5.41, 5.74) is 1.02. The number of nitrogens with one attached hydrogen (secondary N) is 1. The molecule has 1 rings (SSSR count). The van der Waals surface area contributed by atoms with Gasteiger partial charge in [0.2, 0.25) is 5.91 Å². The number of ether oxygens (including phenoxy) is 1. The van der Waals surface area contributed by atoms with Crippen LogP contribution in [0.5, 0.6) is 0 Å². The molecule has 0 aromatic heterocycles. The van der Waals surface area contributed by atoms with Crippen LogP contribution in [-0.4, -0.2) is 41.6 Å². The molecule has 5 heteroatoms. The minimum atomic E-state index is -0.583. The highest BCUT2D eigenvalue weighted by Gasteiger charge is 2.27. The second kappa shape index (κ2) is 7.69. The summed E-state index contributed by atoms with van der Waals surface area (Å²) < 4.78 is 5.27. The van der Waals surface area contributed by atoms with Crippen molar-refractivity contribution in [1.29, 1.82) is 0 Å². The molecule has 0 spiro atoms. The summed E-state index contributed by atoms with van der Waals surface area (Å²) in [6.07, 6.45) is -0.133. The Bertz CT molecular complexity index is 571. The number of amides is 2. The Kier molecular flexibility index (Phi) is 6.41. The van der Waals surface area contributed by atoms with Gasteiger partial charge in [0, 0.05) is 13.6 Å². The Balaban J connectivity index is 2.57. The average Bonchev–Trinajstić information content (AvgIpc) is 2.37. The number of aryl methyl sites for hydroxylation is 1. The van der Waals surface area contributed by atoms with E-state index in [4.69, 9.17) is 4.74 Å². The molecule has 0 heterocycles. The standard InChI is InChI=1S/C19H30N2O3/c1-14-8-10-15(11-9-14)12-16(22)21(7)13-19(5,6)20-17(23)24-18(2,3)4/h8-11H,12-13H2,1-7H3,(H,20,23). The highest BCUT2D eigenvalue weighted by Crippen LogP contribution is 2.11. The van der Waals surface area contributed by atoms with E-state index >= 15 is 0 Å². The molecule has 0 bridgehead atoms. The topological polar surface area (TPSA) is 58.6 Å². The Morgan fingerprint density at radius 1 is 1.08 bits per heavy atom. The lowest BCUT2D eigenvalue weighted by atomic mass is 10.0. The van der Waals surface area contributed by atoms with Gasteiger partial charge < -0.3 is 15.0 Å². The zero-order valence-corrected chi connectivity index (χ0v) is 15.9. The highest BCUT2D eigenvalue weighted by atomic mass is 16.6. The van der Waals surface area contributed by atoms with Crippen molar-refractivity contribution >= 4 is 12.0 Å². The van der Waals surface area contributed by atoms with Crippen molar-refractivity contribution in [3.05, 3.63) is 35.4 Å². The fourth-order valence-electron chi connectivity index (χ4n) is 2.32. The number of rotatable bonds is 5. The van der Waals surface area contributed by atoms with Gasteiger partial charge in [0.1, 0.15) is 5.60 Å². The van der Waals surface area contributed by atoms with E-state index in [1.54, 1.807) is 11.9 Å². The van der Waals surface area contributed by atoms with Crippen molar-refractivity contribution in [2.75, 3.05) is 13.6 Å². The molecule has 0 saturated heterocycles. The van der Waals surface area contributed by atoms with E-state index < -0.39 is 17.2 Å². The zero-order valence-electron chi connectivity index (χ0n) is 15.9. The fourth-order valence-corrected chi connectivity index (χ4v) is 2.32. The summed E-state index contributed by atoms with van der Waals surface area (Å²) >= 11 is 0. The number of carbonyl (C=O) groups excluding carboxylic acids is 2. The van der Waals surface area contributed by atoms with Gasteiger partial charge in [-0.1, -0.05) is 29.8 Å².